The summed E-state index contributed by atoms with van der Waals surface area (Å²) >= 11 is 0. The highest BCUT2D eigenvalue weighted by molar-refractivity contribution is 6.14. The number of anilines is 1. The quantitative estimate of drug-likeness (QED) is 0.299. The maximum Gasteiger partial charge on any atom is 0.256 e. The molecule has 170 valence electrons. The molecule has 0 saturated heterocycles. The van der Waals surface area contributed by atoms with Gasteiger partial charge in [0.2, 0.25) is 0 Å². The van der Waals surface area contributed by atoms with Gasteiger partial charge in [-0.25, -0.2) is 9.37 Å². The Morgan fingerprint density at radius 1 is 1.24 bits per heavy atom. The lowest BCUT2D eigenvalue weighted by Gasteiger charge is -2.12. The molecule has 2 aromatic heterocycles. The minimum Gasteiger partial charge on any atom is -0.382 e. The topological polar surface area (TPSA) is 133 Å². The van der Waals surface area contributed by atoms with Gasteiger partial charge in [-0.15, -0.1) is 0 Å². The lowest BCUT2D eigenvalue weighted by atomic mass is 10.1. The molecule has 4 aromatic rings. The Kier molecular flexibility index (Phi) is 6.06. The minimum absolute atomic E-state index is 0.0900. The average Bonchev–Trinajstić information content (AvgIpc) is 3.11. The van der Waals surface area contributed by atoms with Gasteiger partial charge in [0.25, 0.3) is 5.91 Å². The number of nitrogen functional groups attached to an aromatic ring is 1. The Balaban J connectivity index is 1.70. The van der Waals surface area contributed by atoms with Gasteiger partial charge >= 0.3 is 0 Å². The van der Waals surface area contributed by atoms with E-state index in [4.69, 9.17) is 16.4 Å². The molecule has 0 atom stereocenters. The van der Waals surface area contributed by atoms with E-state index in [1.54, 1.807) is 12.1 Å². The van der Waals surface area contributed by atoms with Crippen molar-refractivity contribution in [2.24, 2.45) is 5.73 Å². The number of hydrogen-bond donors (Lipinski definition) is 3. The zero-order valence-electron chi connectivity index (χ0n) is 18.7. The van der Waals surface area contributed by atoms with Crippen molar-refractivity contribution in [3.63, 3.8) is 0 Å². The number of nitrogens with two attached hydrogens (primary N) is 1. The van der Waals surface area contributed by atoms with Gasteiger partial charge < -0.3 is 11.1 Å². The Bertz CT molecular complexity index is 1470. The molecule has 0 saturated carbocycles. The molecular weight excluding hydrogens is 433 g/mol. The number of aryl methyl sites for hydroxylation is 1. The summed E-state index contributed by atoms with van der Waals surface area (Å²) in [5, 5.41) is 24.7. The van der Waals surface area contributed by atoms with Gasteiger partial charge in [0.1, 0.15) is 17.3 Å². The molecule has 2 aromatic carbocycles. The summed E-state index contributed by atoms with van der Waals surface area (Å²) in [5.74, 6) is -1.25. The summed E-state index contributed by atoms with van der Waals surface area (Å²) in [5.41, 5.74) is 9.79. The maximum atomic E-state index is 13.8. The molecule has 34 heavy (non-hydrogen) atoms. The number of carbonyl (C=O) groups excluding carboxylic acids is 1. The third kappa shape index (κ3) is 4.34. The fraction of sp³-hybridized carbons (Fsp3) is 0.160. The van der Waals surface area contributed by atoms with Crippen molar-refractivity contribution in [1.29, 1.82) is 10.7 Å². The third-order valence-electron chi connectivity index (χ3n) is 5.51. The van der Waals surface area contributed by atoms with Crippen molar-refractivity contribution in [1.82, 2.24) is 14.8 Å². The van der Waals surface area contributed by atoms with Gasteiger partial charge in [-0.1, -0.05) is 19.1 Å². The third-order valence-corrected chi connectivity index (χ3v) is 5.51. The molecule has 0 aliphatic rings. The Labute approximate surface area is 195 Å². The number of aromatic nitrogens is 3. The van der Waals surface area contributed by atoms with E-state index in [1.165, 1.54) is 24.3 Å². The van der Waals surface area contributed by atoms with Gasteiger partial charge in [-0.05, 0) is 49.2 Å². The molecule has 4 rings (SSSR count). The molecule has 4 N–H and O–H groups in total. The van der Waals surface area contributed by atoms with E-state index < -0.39 is 11.7 Å². The number of nitrogens with one attached hydrogen (secondary N) is 2. The first kappa shape index (κ1) is 22.6. The number of amidine groups is 1. The molecule has 9 heteroatoms. The smallest absolute Gasteiger partial charge is 0.256 e. The van der Waals surface area contributed by atoms with Crippen LogP contribution in [0.5, 0.6) is 0 Å². The van der Waals surface area contributed by atoms with Crippen LogP contribution < -0.4 is 11.1 Å². The number of nitrogens with zero attached hydrogens (tertiary/aromatic N) is 4. The minimum atomic E-state index is -0.500. The summed E-state index contributed by atoms with van der Waals surface area (Å²) in [6.07, 6.45) is 0.619. The standard InChI is InChI=1S/C25H22FN7O/c1-3-22-23(14(2)32-33(22)13-16-6-4-15(12-27)5-7-16)31-25(34)19-11-21(24(28)29)30-20-10-17(26)8-9-18(19)20/h4-11H,3,13H2,1-2H3,(H3,28,29)(H,31,34). The number of rotatable bonds is 6. The van der Waals surface area contributed by atoms with Crippen molar-refractivity contribution in [2.75, 3.05) is 5.32 Å². The summed E-state index contributed by atoms with van der Waals surface area (Å²) in [6, 6.07) is 14.7. The van der Waals surface area contributed by atoms with Gasteiger partial charge in [-0.2, -0.15) is 10.4 Å². The van der Waals surface area contributed by atoms with Crippen molar-refractivity contribution in [3.05, 3.63) is 88.1 Å². The monoisotopic (exact) mass is 455 g/mol. The number of hydrogen-bond acceptors (Lipinski definition) is 5. The normalized spacial score (nSPS) is 10.8. The maximum absolute atomic E-state index is 13.8. The van der Waals surface area contributed by atoms with Crippen LogP contribution in [0.3, 0.4) is 0 Å². The molecule has 0 unspecified atom stereocenters. The predicted octanol–water partition coefficient (Wildman–Crippen LogP) is 3.90. The largest absolute Gasteiger partial charge is 0.382 e. The van der Waals surface area contributed by atoms with E-state index in [1.807, 2.05) is 30.7 Å². The lowest BCUT2D eigenvalue weighted by Crippen LogP contribution is -2.18. The highest BCUT2D eigenvalue weighted by Crippen LogP contribution is 2.25. The van der Waals surface area contributed by atoms with E-state index in [0.717, 1.165) is 11.3 Å². The first-order valence-corrected chi connectivity index (χ1v) is 10.6. The van der Waals surface area contributed by atoms with E-state index in [-0.39, 0.29) is 22.6 Å². The van der Waals surface area contributed by atoms with Crippen LogP contribution in [0.15, 0.2) is 48.5 Å². The van der Waals surface area contributed by atoms with Gasteiger partial charge in [-0.3, -0.25) is 14.9 Å². The first-order valence-electron chi connectivity index (χ1n) is 10.6. The number of halogens is 1. The highest BCUT2D eigenvalue weighted by Gasteiger charge is 2.20. The van der Waals surface area contributed by atoms with Crippen LogP contribution in [-0.2, 0) is 13.0 Å². The SMILES string of the molecule is CCc1c(NC(=O)c2cc(C(=N)N)nc3cc(F)ccc23)c(C)nn1Cc1ccc(C#N)cc1. The van der Waals surface area contributed by atoms with Crippen molar-refractivity contribution in [3.8, 4) is 6.07 Å². The second-order valence-corrected chi connectivity index (χ2v) is 7.81. The van der Waals surface area contributed by atoms with Crippen LogP contribution in [0.25, 0.3) is 10.9 Å². The Morgan fingerprint density at radius 2 is 1.97 bits per heavy atom. The van der Waals surface area contributed by atoms with Crippen LogP contribution >= 0.6 is 0 Å². The number of carbonyl (C=O) groups is 1. The predicted molar refractivity (Wildman–Crippen MR) is 127 cm³/mol. The fourth-order valence-corrected chi connectivity index (χ4v) is 3.85. The lowest BCUT2D eigenvalue weighted by molar-refractivity contribution is 0.102. The van der Waals surface area contributed by atoms with Crippen LogP contribution in [0.4, 0.5) is 10.1 Å². The summed E-state index contributed by atoms with van der Waals surface area (Å²) < 4.78 is 15.6. The molecule has 0 fully saturated rings. The van der Waals surface area contributed by atoms with Crippen molar-refractivity contribution >= 4 is 28.3 Å². The summed E-state index contributed by atoms with van der Waals surface area (Å²) in [4.78, 5) is 17.5. The van der Waals surface area contributed by atoms with Crippen LogP contribution in [0.2, 0.25) is 0 Å². The van der Waals surface area contributed by atoms with Crippen molar-refractivity contribution < 1.29 is 9.18 Å². The number of pyridine rings is 1. The Hall–Kier alpha value is -4.58. The number of nitriles is 1. The van der Waals surface area contributed by atoms with E-state index in [0.29, 0.717) is 35.3 Å². The second kappa shape index (κ2) is 9.11. The molecule has 2 heterocycles. The van der Waals surface area contributed by atoms with Gasteiger partial charge in [0, 0.05) is 11.5 Å². The molecule has 8 nitrogen and oxygen atoms in total. The summed E-state index contributed by atoms with van der Waals surface area (Å²) in [7, 11) is 0. The molecule has 1 amide bonds. The van der Waals surface area contributed by atoms with Crippen LogP contribution in [-0.4, -0.2) is 26.5 Å². The Morgan fingerprint density at radius 3 is 2.62 bits per heavy atom. The fourth-order valence-electron chi connectivity index (χ4n) is 3.85. The van der Waals surface area contributed by atoms with E-state index >= 15 is 0 Å². The van der Waals surface area contributed by atoms with Crippen LogP contribution in [0.1, 0.15) is 45.5 Å². The first-order chi connectivity index (χ1) is 16.3. The van der Waals surface area contributed by atoms with Gasteiger partial charge in [0.05, 0.1) is 46.3 Å². The van der Waals surface area contributed by atoms with Gasteiger partial charge in [0.15, 0.2) is 0 Å². The number of benzene rings is 2. The van der Waals surface area contributed by atoms with E-state index in [9.17, 15) is 9.18 Å². The zero-order chi connectivity index (χ0) is 24.4. The summed E-state index contributed by atoms with van der Waals surface area (Å²) in [6.45, 7) is 4.27. The number of fused-ring (bicyclic) bond motifs is 1. The molecule has 0 aliphatic heterocycles. The molecule has 0 bridgehead atoms. The van der Waals surface area contributed by atoms with Crippen molar-refractivity contribution in [2.45, 2.75) is 26.8 Å². The molecule has 0 aliphatic carbocycles. The second-order valence-electron chi connectivity index (χ2n) is 7.81. The van der Waals surface area contributed by atoms with Crippen LogP contribution in [0, 0.1) is 29.5 Å². The van der Waals surface area contributed by atoms with E-state index in [2.05, 4.69) is 21.5 Å². The highest BCUT2D eigenvalue weighted by atomic mass is 19.1. The molecule has 0 spiro atoms. The molecule has 0 radical (unpaired) electrons. The number of amides is 1. The molecular formula is C25H22FN7O. The zero-order valence-corrected chi connectivity index (χ0v) is 18.7. The average molecular weight is 455 g/mol.